The number of tetrazole rings is 1. The average molecular weight is 397 g/mol. The van der Waals surface area contributed by atoms with Crippen molar-refractivity contribution in [2.24, 2.45) is 0 Å². The third-order valence-corrected chi connectivity index (χ3v) is 7.18. The Bertz CT molecular complexity index is 1070. The number of nitrogens with zero attached hydrogens (tertiary/aromatic N) is 4. The van der Waals surface area contributed by atoms with E-state index in [1.54, 1.807) is 48.5 Å². The Labute approximate surface area is 162 Å². The minimum absolute atomic E-state index is 0.290. The Kier molecular flexibility index (Phi) is 4.91. The third-order valence-electron chi connectivity index (χ3n) is 4.90. The molecule has 1 aliphatic rings. The summed E-state index contributed by atoms with van der Waals surface area (Å²) < 4.78 is 26.7. The maximum atomic E-state index is 12.6. The van der Waals surface area contributed by atoms with E-state index in [0.717, 1.165) is 25.7 Å². The second kappa shape index (κ2) is 7.51. The van der Waals surface area contributed by atoms with Crippen molar-refractivity contribution in [1.82, 2.24) is 20.2 Å². The molecule has 0 saturated heterocycles. The highest BCUT2D eigenvalue weighted by Crippen LogP contribution is 2.30. The predicted molar refractivity (Wildman–Crippen MR) is 103 cm³/mol. The van der Waals surface area contributed by atoms with Crippen LogP contribution in [-0.4, -0.2) is 39.8 Å². The standard InChI is InChI=1S/C19H19N5O3S/c25-19(14-4-3-5-16(12-14)24-13-20-22-23-24)21-15-8-10-18(11-9-15)28(26,27)17-6-1-2-7-17/h3-5,8-13,17H,1-2,6-7H2,(H,21,25). The topological polar surface area (TPSA) is 107 Å². The number of carbonyl (C=O) groups is 1. The van der Waals surface area contributed by atoms with Crippen molar-refractivity contribution in [2.45, 2.75) is 35.8 Å². The van der Waals surface area contributed by atoms with Gasteiger partial charge in [0.1, 0.15) is 6.33 Å². The first-order chi connectivity index (χ1) is 13.5. The fourth-order valence-electron chi connectivity index (χ4n) is 3.39. The minimum Gasteiger partial charge on any atom is -0.322 e. The monoisotopic (exact) mass is 397 g/mol. The van der Waals surface area contributed by atoms with E-state index in [1.807, 2.05) is 0 Å². The largest absolute Gasteiger partial charge is 0.322 e. The van der Waals surface area contributed by atoms with E-state index in [2.05, 4.69) is 20.8 Å². The molecule has 0 bridgehead atoms. The van der Waals surface area contributed by atoms with E-state index in [0.29, 0.717) is 21.8 Å². The van der Waals surface area contributed by atoms with Crippen LogP contribution in [0.25, 0.3) is 5.69 Å². The highest BCUT2D eigenvalue weighted by Gasteiger charge is 2.30. The maximum Gasteiger partial charge on any atom is 0.255 e. The molecule has 3 aromatic rings. The van der Waals surface area contributed by atoms with E-state index in [9.17, 15) is 13.2 Å². The van der Waals surface area contributed by atoms with E-state index in [1.165, 1.54) is 11.0 Å². The molecule has 1 aromatic heterocycles. The summed E-state index contributed by atoms with van der Waals surface area (Å²) >= 11 is 0. The lowest BCUT2D eigenvalue weighted by Gasteiger charge is -2.12. The number of anilines is 1. The number of carbonyl (C=O) groups excluding carboxylic acids is 1. The zero-order chi connectivity index (χ0) is 19.6. The van der Waals surface area contributed by atoms with Crippen molar-refractivity contribution in [2.75, 3.05) is 5.32 Å². The highest BCUT2D eigenvalue weighted by molar-refractivity contribution is 7.92. The molecule has 0 atom stereocenters. The molecular weight excluding hydrogens is 378 g/mol. The molecule has 0 aliphatic heterocycles. The van der Waals surface area contributed by atoms with Gasteiger partial charge in [0.05, 0.1) is 15.8 Å². The number of aromatic nitrogens is 4. The number of benzene rings is 2. The van der Waals surface area contributed by atoms with E-state index in [4.69, 9.17) is 0 Å². The molecule has 0 spiro atoms. The predicted octanol–water partition coefficient (Wildman–Crippen LogP) is 2.63. The second-order valence-corrected chi connectivity index (χ2v) is 8.96. The number of hydrogen-bond acceptors (Lipinski definition) is 6. The highest BCUT2D eigenvalue weighted by atomic mass is 32.2. The Balaban J connectivity index is 1.49. The average Bonchev–Trinajstić information content (AvgIpc) is 3.43. The zero-order valence-corrected chi connectivity index (χ0v) is 15.8. The summed E-state index contributed by atoms with van der Waals surface area (Å²) in [4.78, 5) is 12.8. The van der Waals surface area contributed by atoms with Crippen LogP contribution in [0, 0.1) is 0 Å². The van der Waals surface area contributed by atoms with Crippen LogP contribution >= 0.6 is 0 Å². The van der Waals surface area contributed by atoms with Crippen LogP contribution < -0.4 is 5.32 Å². The first kappa shape index (κ1) is 18.3. The second-order valence-electron chi connectivity index (χ2n) is 6.73. The molecule has 144 valence electrons. The molecule has 1 N–H and O–H groups in total. The summed E-state index contributed by atoms with van der Waals surface area (Å²) in [7, 11) is -3.30. The SMILES string of the molecule is O=C(Nc1ccc(S(=O)(=O)C2CCCC2)cc1)c1cccc(-n2cnnn2)c1. The Hall–Kier alpha value is -3.07. The molecule has 2 aromatic carbocycles. The van der Waals surface area contributed by atoms with Gasteiger partial charge in [-0.2, -0.15) is 0 Å². The van der Waals surface area contributed by atoms with Crippen LogP contribution in [0.15, 0.2) is 59.8 Å². The number of sulfone groups is 1. The molecule has 1 aliphatic carbocycles. The van der Waals surface area contributed by atoms with E-state index >= 15 is 0 Å². The molecule has 0 unspecified atom stereocenters. The van der Waals surface area contributed by atoms with Gasteiger partial charge in [0.2, 0.25) is 0 Å². The van der Waals surface area contributed by atoms with E-state index in [-0.39, 0.29) is 11.2 Å². The summed E-state index contributed by atoms with van der Waals surface area (Å²) in [6, 6.07) is 13.2. The first-order valence-corrected chi connectivity index (χ1v) is 10.6. The Morgan fingerprint density at radius 2 is 1.82 bits per heavy atom. The van der Waals surface area contributed by atoms with Gasteiger partial charge in [0.15, 0.2) is 9.84 Å². The molecule has 1 amide bonds. The van der Waals surface area contributed by atoms with Crippen LogP contribution in [-0.2, 0) is 9.84 Å². The normalized spacial score (nSPS) is 14.9. The van der Waals surface area contributed by atoms with Crippen LogP contribution in [0.1, 0.15) is 36.0 Å². The van der Waals surface area contributed by atoms with Gasteiger partial charge >= 0.3 is 0 Å². The van der Waals surface area contributed by atoms with Gasteiger partial charge in [0, 0.05) is 11.3 Å². The number of hydrogen-bond donors (Lipinski definition) is 1. The van der Waals surface area contributed by atoms with Crippen LogP contribution in [0.3, 0.4) is 0 Å². The van der Waals surface area contributed by atoms with Gasteiger partial charge in [-0.15, -0.1) is 5.10 Å². The molecule has 0 radical (unpaired) electrons. The van der Waals surface area contributed by atoms with Crippen LogP contribution in [0.2, 0.25) is 0 Å². The van der Waals surface area contributed by atoms with Crippen molar-refractivity contribution in [3.63, 3.8) is 0 Å². The summed E-state index contributed by atoms with van der Waals surface area (Å²) in [5, 5.41) is 13.5. The molecule has 28 heavy (non-hydrogen) atoms. The van der Waals surface area contributed by atoms with Gasteiger partial charge in [0.25, 0.3) is 5.91 Å². The summed E-state index contributed by atoms with van der Waals surface area (Å²) in [6.45, 7) is 0. The minimum atomic E-state index is -3.30. The van der Waals surface area contributed by atoms with Gasteiger partial charge in [-0.3, -0.25) is 4.79 Å². The zero-order valence-electron chi connectivity index (χ0n) is 15.0. The molecule has 1 saturated carbocycles. The van der Waals surface area contributed by atoms with Crippen molar-refractivity contribution in [1.29, 1.82) is 0 Å². The van der Waals surface area contributed by atoms with Gasteiger partial charge in [-0.05, 0) is 65.7 Å². The van der Waals surface area contributed by atoms with Crippen molar-refractivity contribution in [3.8, 4) is 5.69 Å². The molecule has 4 rings (SSSR count). The lowest BCUT2D eigenvalue weighted by molar-refractivity contribution is 0.102. The Morgan fingerprint density at radius 1 is 1.07 bits per heavy atom. The van der Waals surface area contributed by atoms with Crippen LogP contribution in [0.5, 0.6) is 0 Å². The third kappa shape index (κ3) is 3.65. The lowest BCUT2D eigenvalue weighted by Crippen LogP contribution is -2.18. The fraction of sp³-hybridized carbons (Fsp3) is 0.263. The number of rotatable bonds is 5. The van der Waals surface area contributed by atoms with Gasteiger partial charge in [-0.25, -0.2) is 13.1 Å². The maximum absolute atomic E-state index is 12.6. The molecular formula is C19H19N5O3S. The van der Waals surface area contributed by atoms with E-state index < -0.39 is 9.84 Å². The smallest absolute Gasteiger partial charge is 0.255 e. The molecule has 1 heterocycles. The number of nitrogens with one attached hydrogen (secondary N) is 1. The summed E-state index contributed by atoms with van der Waals surface area (Å²) in [5.41, 5.74) is 1.63. The summed E-state index contributed by atoms with van der Waals surface area (Å²) in [5.74, 6) is -0.304. The van der Waals surface area contributed by atoms with Gasteiger partial charge in [-0.1, -0.05) is 18.9 Å². The van der Waals surface area contributed by atoms with Crippen molar-refractivity contribution < 1.29 is 13.2 Å². The quantitative estimate of drug-likeness (QED) is 0.709. The van der Waals surface area contributed by atoms with Gasteiger partial charge < -0.3 is 5.32 Å². The van der Waals surface area contributed by atoms with Crippen molar-refractivity contribution >= 4 is 21.4 Å². The Morgan fingerprint density at radius 3 is 2.50 bits per heavy atom. The number of amides is 1. The molecule has 9 heteroatoms. The fourth-order valence-corrected chi connectivity index (χ4v) is 5.25. The first-order valence-electron chi connectivity index (χ1n) is 9.03. The molecule has 8 nitrogen and oxygen atoms in total. The lowest BCUT2D eigenvalue weighted by atomic mass is 10.2. The van der Waals surface area contributed by atoms with Crippen molar-refractivity contribution in [3.05, 3.63) is 60.4 Å². The molecule has 1 fully saturated rings. The van der Waals surface area contributed by atoms with Crippen LogP contribution in [0.4, 0.5) is 5.69 Å². The summed E-state index contributed by atoms with van der Waals surface area (Å²) in [6.07, 6.45) is 4.81.